The van der Waals surface area contributed by atoms with Crippen LogP contribution in [0.3, 0.4) is 0 Å². The molecule has 0 fully saturated rings. The van der Waals surface area contributed by atoms with Crippen LogP contribution < -0.4 is 15.8 Å². The Kier molecular flexibility index (Phi) is 5.22. The molecule has 3 N–H and O–H groups in total. The van der Waals surface area contributed by atoms with Gasteiger partial charge in [-0.1, -0.05) is 18.1 Å². The SMILES string of the molecule is C#Cc1cc2cnc(Nc3cccc(C(N)=O)c3)nc2cc1OCc1cccnc1. The van der Waals surface area contributed by atoms with Gasteiger partial charge in [-0.25, -0.2) is 9.97 Å². The maximum atomic E-state index is 11.4. The van der Waals surface area contributed by atoms with E-state index < -0.39 is 5.91 Å². The summed E-state index contributed by atoms with van der Waals surface area (Å²) in [6.07, 6.45) is 10.8. The minimum Gasteiger partial charge on any atom is -0.487 e. The Morgan fingerprint density at radius 2 is 2.07 bits per heavy atom. The molecule has 0 aliphatic carbocycles. The number of nitrogens with two attached hydrogens (primary N) is 1. The molecule has 7 nitrogen and oxygen atoms in total. The van der Waals surface area contributed by atoms with Gasteiger partial charge in [-0.05, 0) is 30.3 Å². The monoisotopic (exact) mass is 395 g/mol. The maximum absolute atomic E-state index is 11.4. The third kappa shape index (κ3) is 4.18. The average molecular weight is 395 g/mol. The minimum atomic E-state index is -0.504. The van der Waals surface area contributed by atoms with Gasteiger partial charge in [-0.3, -0.25) is 9.78 Å². The number of amides is 1. The number of terminal acetylenes is 1. The van der Waals surface area contributed by atoms with E-state index >= 15 is 0 Å². The molecule has 4 rings (SSSR count). The van der Waals surface area contributed by atoms with Gasteiger partial charge in [-0.2, -0.15) is 0 Å². The van der Waals surface area contributed by atoms with Crippen LogP contribution in [-0.2, 0) is 6.61 Å². The minimum absolute atomic E-state index is 0.337. The highest BCUT2D eigenvalue weighted by Gasteiger charge is 2.09. The van der Waals surface area contributed by atoms with Crippen LogP contribution in [0.15, 0.2) is 67.1 Å². The number of carbonyl (C=O) groups excluding carboxylic acids is 1. The molecule has 0 aliphatic rings. The topological polar surface area (TPSA) is 103 Å². The van der Waals surface area contributed by atoms with E-state index in [9.17, 15) is 4.79 Å². The summed E-state index contributed by atoms with van der Waals surface area (Å²) in [6, 6.07) is 14.2. The summed E-state index contributed by atoms with van der Waals surface area (Å²) in [5.41, 5.74) is 8.59. The predicted molar refractivity (Wildman–Crippen MR) is 114 cm³/mol. The first-order valence-corrected chi connectivity index (χ1v) is 9.08. The van der Waals surface area contributed by atoms with Gasteiger partial charge in [0.05, 0.1) is 11.1 Å². The Hall–Kier alpha value is -4.44. The van der Waals surface area contributed by atoms with Crippen molar-refractivity contribution in [3.05, 3.63) is 83.8 Å². The van der Waals surface area contributed by atoms with E-state index in [1.54, 1.807) is 48.9 Å². The highest BCUT2D eigenvalue weighted by molar-refractivity contribution is 5.93. The summed E-state index contributed by atoms with van der Waals surface area (Å²) in [5, 5.41) is 3.86. The molecule has 0 saturated heterocycles. The zero-order chi connectivity index (χ0) is 20.9. The fraction of sp³-hybridized carbons (Fsp3) is 0.0435. The lowest BCUT2D eigenvalue weighted by molar-refractivity contribution is 0.100. The summed E-state index contributed by atoms with van der Waals surface area (Å²) in [5.74, 6) is 3.06. The Bertz CT molecular complexity index is 1270. The van der Waals surface area contributed by atoms with Crippen LogP contribution in [0.2, 0.25) is 0 Å². The van der Waals surface area contributed by atoms with E-state index in [0.29, 0.717) is 40.6 Å². The number of anilines is 2. The first kappa shape index (κ1) is 18.9. The number of ether oxygens (including phenoxy) is 1. The summed E-state index contributed by atoms with van der Waals surface area (Å²) in [6.45, 7) is 0.337. The van der Waals surface area contributed by atoms with Crippen molar-refractivity contribution >= 4 is 28.4 Å². The Morgan fingerprint density at radius 1 is 1.17 bits per heavy atom. The second kappa shape index (κ2) is 8.29. The van der Waals surface area contributed by atoms with Crippen LogP contribution in [-0.4, -0.2) is 20.9 Å². The molecule has 0 spiro atoms. The van der Waals surface area contributed by atoms with Crippen LogP contribution in [0.4, 0.5) is 11.6 Å². The second-order valence-corrected chi connectivity index (χ2v) is 6.47. The van der Waals surface area contributed by atoms with E-state index in [1.807, 2.05) is 18.2 Å². The molecule has 0 radical (unpaired) electrons. The third-order valence-electron chi connectivity index (χ3n) is 4.36. The molecule has 4 aromatic rings. The molecular weight excluding hydrogens is 378 g/mol. The highest BCUT2D eigenvalue weighted by atomic mass is 16.5. The first-order valence-electron chi connectivity index (χ1n) is 9.08. The molecule has 0 unspecified atom stereocenters. The first-order chi connectivity index (χ1) is 14.6. The molecule has 2 heterocycles. The van der Waals surface area contributed by atoms with Gasteiger partial charge in [0.1, 0.15) is 12.4 Å². The van der Waals surface area contributed by atoms with Gasteiger partial charge in [0.25, 0.3) is 0 Å². The average Bonchev–Trinajstić information content (AvgIpc) is 2.78. The van der Waals surface area contributed by atoms with Crippen molar-refractivity contribution in [1.82, 2.24) is 15.0 Å². The van der Waals surface area contributed by atoms with Crippen molar-refractivity contribution in [1.29, 1.82) is 0 Å². The number of aromatic nitrogens is 3. The molecule has 0 aliphatic heterocycles. The van der Waals surface area contributed by atoms with Crippen molar-refractivity contribution in [2.45, 2.75) is 6.61 Å². The zero-order valence-corrected chi connectivity index (χ0v) is 15.9. The molecule has 2 aromatic heterocycles. The van der Waals surface area contributed by atoms with Gasteiger partial charge in [0, 0.05) is 46.9 Å². The van der Waals surface area contributed by atoms with Crippen LogP contribution in [0, 0.1) is 12.3 Å². The largest absolute Gasteiger partial charge is 0.487 e. The summed E-state index contributed by atoms with van der Waals surface area (Å²) in [7, 11) is 0. The Labute approximate surface area is 173 Å². The van der Waals surface area contributed by atoms with E-state index in [1.165, 1.54) is 0 Å². The number of nitrogens with one attached hydrogen (secondary N) is 1. The van der Waals surface area contributed by atoms with E-state index in [-0.39, 0.29) is 0 Å². The molecule has 0 bridgehead atoms. The summed E-state index contributed by atoms with van der Waals surface area (Å²) >= 11 is 0. The van der Waals surface area contributed by atoms with Gasteiger partial charge < -0.3 is 15.8 Å². The quantitative estimate of drug-likeness (QED) is 0.485. The van der Waals surface area contributed by atoms with Crippen LogP contribution >= 0.6 is 0 Å². The van der Waals surface area contributed by atoms with Gasteiger partial charge in [0.15, 0.2) is 0 Å². The lowest BCUT2D eigenvalue weighted by Crippen LogP contribution is -2.11. The molecular formula is C23H17N5O2. The van der Waals surface area contributed by atoms with Gasteiger partial charge in [0.2, 0.25) is 11.9 Å². The molecule has 2 aromatic carbocycles. The number of fused-ring (bicyclic) bond motifs is 1. The number of carbonyl (C=O) groups is 1. The van der Waals surface area contributed by atoms with Crippen molar-refractivity contribution < 1.29 is 9.53 Å². The van der Waals surface area contributed by atoms with Crippen molar-refractivity contribution in [2.24, 2.45) is 5.73 Å². The van der Waals surface area contributed by atoms with Crippen LogP contribution in [0.5, 0.6) is 5.75 Å². The molecule has 30 heavy (non-hydrogen) atoms. The lowest BCUT2D eigenvalue weighted by Gasteiger charge is -2.11. The molecule has 1 amide bonds. The van der Waals surface area contributed by atoms with Crippen molar-refractivity contribution in [3.63, 3.8) is 0 Å². The Morgan fingerprint density at radius 3 is 2.83 bits per heavy atom. The molecule has 146 valence electrons. The number of rotatable bonds is 6. The fourth-order valence-electron chi connectivity index (χ4n) is 2.88. The molecule has 0 atom stereocenters. The summed E-state index contributed by atoms with van der Waals surface area (Å²) < 4.78 is 5.91. The standard InChI is InChI=1S/C23H17N5O2/c1-2-16-9-18-13-26-23(27-19-7-3-6-17(10-19)22(24)29)28-20(18)11-21(16)30-14-15-5-4-8-25-12-15/h1,3-13H,14H2,(H2,24,29)(H,26,27,28). The van der Waals surface area contributed by atoms with Gasteiger partial charge >= 0.3 is 0 Å². The molecule has 0 saturated carbocycles. The maximum Gasteiger partial charge on any atom is 0.248 e. The summed E-state index contributed by atoms with van der Waals surface area (Å²) in [4.78, 5) is 24.3. The van der Waals surface area contributed by atoms with E-state index in [2.05, 4.69) is 26.2 Å². The van der Waals surface area contributed by atoms with Crippen molar-refractivity contribution in [3.8, 4) is 18.1 Å². The predicted octanol–water partition coefficient (Wildman–Crippen LogP) is 3.43. The van der Waals surface area contributed by atoms with Crippen LogP contribution in [0.25, 0.3) is 10.9 Å². The smallest absolute Gasteiger partial charge is 0.248 e. The number of primary amides is 1. The van der Waals surface area contributed by atoms with E-state index in [4.69, 9.17) is 16.9 Å². The van der Waals surface area contributed by atoms with Gasteiger partial charge in [-0.15, -0.1) is 6.42 Å². The lowest BCUT2D eigenvalue weighted by atomic mass is 10.1. The van der Waals surface area contributed by atoms with E-state index in [0.717, 1.165) is 10.9 Å². The third-order valence-corrected chi connectivity index (χ3v) is 4.36. The highest BCUT2D eigenvalue weighted by Crippen LogP contribution is 2.26. The number of pyridine rings is 1. The number of hydrogen-bond donors (Lipinski definition) is 2. The fourth-order valence-corrected chi connectivity index (χ4v) is 2.88. The second-order valence-electron chi connectivity index (χ2n) is 6.47. The zero-order valence-electron chi connectivity index (χ0n) is 15.9. The normalized spacial score (nSPS) is 10.4. The molecule has 7 heteroatoms. The number of hydrogen-bond acceptors (Lipinski definition) is 6. The Balaban J connectivity index is 1.62. The van der Waals surface area contributed by atoms with Crippen LogP contribution in [0.1, 0.15) is 21.5 Å². The number of nitrogens with zero attached hydrogens (tertiary/aromatic N) is 3. The number of benzene rings is 2. The van der Waals surface area contributed by atoms with Crippen molar-refractivity contribution in [2.75, 3.05) is 5.32 Å².